The van der Waals surface area contributed by atoms with Crippen molar-refractivity contribution in [2.24, 2.45) is 5.41 Å². The quantitative estimate of drug-likeness (QED) is 0.259. The van der Waals surface area contributed by atoms with Gasteiger partial charge < -0.3 is 30.7 Å². The van der Waals surface area contributed by atoms with Crippen LogP contribution in [-0.4, -0.2) is 46.0 Å². The van der Waals surface area contributed by atoms with Crippen LogP contribution in [0, 0.1) is 10.8 Å². The topological polar surface area (TPSA) is 127 Å². The molecule has 2 aromatic rings. The van der Waals surface area contributed by atoms with Gasteiger partial charge in [-0.05, 0) is 49.8 Å². The zero-order chi connectivity index (χ0) is 23.7. The minimum absolute atomic E-state index is 0.286. The number of aryl methyl sites for hydroxylation is 1. The molecule has 0 radical (unpaired) electrons. The van der Waals surface area contributed by atoms with E-state index in [1.54, 1.807) is 24.5 Å². The van der Waals surface area contributed by atoms with Crippen LogP contribution in [-0.2, 0) is 22.6 Å². The Bertz CT molecular complexity index is 953. The number of carbonyl (C=O) groups excluding carboxylic acids is 2. The van der Waals surface area contributed by atoms with Gasteiger partial charge in [0.2, 0.25) is 11.8 Å². The molecule has 1 aliphatic carbocycles. The van der Waals surface area contributed by atoms with Crippen molar-refractivity contribution in [2.45, 2.75) is 57.4 Å². The predicted molar refractivity (Wildman–Crippen MR) is 126 cm³/mol. The Morgan fingerprint density at radius 2 is 1.73 bits per heavy atom. The maximum atomic E-state index is 13.2. The fourth-order valence-electron chi connectivity index (χ4n) is 4.37. The molecule has 0 unspecified atom stereocenters. The molecule has 1 fully saturated rings. The van der Waals surface area contributed by atoms with Gasteiger partial charge >= 0.3 is 7.12 Å². The number of hydrogen-bond acceptors (Lipinski definition) is 5. The van der Waals surface area contributed by atoms with Crippen molar-refractivity contribution >= 4 is 18.9 Å². The SMILES string of the molecule is N=c1ccn(CCC[C@H](NC(=O)C2(C(=O)NCCc3ccccc3)CCCC2)B(O)O)cc1. The van der Waals surface area contributed by atoms with Crippen LogP contribution in [0.2, 0.25) is 0 Å². The molecule has 1 aromatic heterocycles. The molecule has 33 heavy (non-hydrogen) atoms. The second-order valence-electron chi connectivity index (χ2n) is 8.74. The molecule has 1 heterocycles. The summed E-state index contributed by atoms with van der Waals surface area (Å²) in [4.78, 5) is 26.3. The van der Waals surface area contributed by atoms with Crippen LogP contribution in [0.1, 0.15) is 44.1 Å². The molecule has 0 bridgehead atoms. The van der Waals surface area contributed by atoms with Gasteiger partial charge in [-0.15, -0.1) is 0 Å². The summed E-state index contributed by atoms with van der Waals surface area (Å²) >= 11 is 0. The van der Waals surface area contributed by atoms with Crippen LogP contribution in [0.25, 0.3) is 0 Å². The zero-order valence-electron chi connectivity index (χ0n) is 18.9. The molecule has 5 N–H and O–H groups in total. The van der Waals surface area contributed by atoms with Crippen molar-refractivity contribution in [3.8, 4) is 0 Å². The average molecular weight is 452 g/mol. The first-order valence-electron chi connectivity index (χ1n) is 11.6. The van der Waals surface area contributed by atoms with Crippen molar-refractivity contribution in [2.75, 3.05) is 6.54 Å². The van der Waals surface area contributed by atoms with E-state index in [1.807, 2.05) is 34.9 Å². The van der Waals surface area contributed by atoms with E-state index in [4.69, 9.17) is 5.41 Å². The van der Waals surface area contributed by atoms with E-state index >= 15 is 0 Å². The van der Waals surface area contributed by atoms with Crippen molar-refractivity contribution in [3.63, 3.8) is 0 Å². The third kappa shape index (κ3) is 6.79. The summed E-state index contributed by atoms with van der Waals surface area (Å²) in [5, 5.41) is 33.3. The predicted octanol–water partition coefficient (Wildman–Crippen LogP) is 1.16. The van der Waals surface area contributed by atoms with Gasteiger partial charge in [-0.3, -0.25) is 9.59 Å². The number of amides is 2. The van der Waals surface area contributed by atoms with E-state index in [0.717, 1.165) is 18.4 Å². The Hall–Kier alpha value is -2.91. The molecule has 1 atom stereocenters. The molecule has 0 aliphatic heterocycles. The van der Waals surface area contributed by atoms with Gasteiger partial charge in [-0.1, -0.05) is 43.2 Å². The number of nitrogens with zero attached hydrogens (tertiary/aromatic N) is 1. The number of rotatable bonds is 11. The van der Waals surface area contributed by atoms with Gasteiger partial charge in [0.1, 0.15) is 5.41 Å². The fourth-order valence-corrected chi connectivity index (χ4v) is 4.37. The van der Waals surface area contributed by atoms with Crippen molar-refractivity contribution in [1.29, 1.82) is 5.41 Å². The minimum Gasteiger partial charge on any atom is -0.426 e. The number of carbonyl (C=O) groups is 2. The summed E-state index contributed by atoms with van der Waals surface area (Å²) in [7, 11) is -1.71. The van der Waals surface area contributed by atoms with E-state index in [2.05, 4.69) is 10.6 Å². The molecular formula is C24H33BN4O4. The number of hydrogen-bond donors (Lipinski definition) is 5. The first kappa shape index (κ1) is 24.7. The number of benzene rings is 1. The molecule has 1 aliphatic rings. The smallest absolute Gasteiger partial charge is 0.426 e. The Morgan fingerprint density at radius 3 is 2.36 bits per heavy atom. The lowest BCUT2D eigenvalue weighted by atomic mass is 9.75. The lowest BCUT2D eigenvalue weighted by Crippen LogP contribution is -2.56. The summed E-state index contributed by atoms with van der Waals surface area (Å²) in [6.45, 7) is 1.06. The van der Waals surface area contributed by atoms with Crippen LogP contribution in [0.15, 0.2) is 54.9 Å². The monoisotopic (exact) mass is 452 g/mol. The van der Waals surface area contributed by atoms with Gasteiger partial charge in [0, 0.05) is 25.5 Å². The highest BCUT2D eigenvalue weighted by Gasteiger charge is 2.48. The Kier molecular flexibility index (Phi) is 8.85. The van der Waals surface area contributed by atoms with Crippen LogP contribution in [0.3, 0.4) is 0 Å². The van der Waals surface area contributed by atoms with E-state index in [9.17, 15) is 19.6 Å². The molecule has 9 heteroatoms. The van der Waals surface area contributed by atoms with Crippen LogP contribution in [0.5, 0.6) is 0 Å². The summed E-state index contributed by atoms with van der Waals surface area (Å²) in [5.74, 6) is -1.57. The lowest BCUT2D eigenvalue weighted by molar-refractivity contribution is -0.143. The third-order valence-electron chi connectivity index (χ3n) is 6.37. The minimum atomic E-state index is -1.71. The summed E-state index contributed by atoms with van der Waals surface area (Å²) < 4.78 is 1.90. The molecule has 2 amide bonds. The first-order valence-corrected chi connectivity index (χ1v) is 11.6. The molecule has 176 valence electrons. The number of nitrogens with one attached hydrogen (secondary N) is 3. The zero-order valence-corrected chi connectivity index (χ0v) is 18.9. The Balaban J connectivity index is 1.56. The van der Waals surface area contributed by atoms with Crippen LogP contribution in [0.4, 0.5) is 0 Å². The van der Waals surface area contributed by atoms with Gasteiger partial charge in [0.05, 0.1) is 11.3 Å². The Labute approximate surface area is 194 Å². The summed E-state index contributed by atoms with van der Waals surface area (Å²) in [6.07, 6.45) is 7.70. The third-order valence-corrected chi connectivity index (χ3v) is 6.37. The van der Waals surface area contributed by atoms with Crippen LogP contribution >= 0.6 is 0 Å². The van der Waals surface area contributed by atoms with Gasteiger partial charge in [-0.25, -0.2) is 0 Å². The summed E-state index contributed by atoms with van der Waals surface area (Å²) in [6, 6.07) is 13.2. The molecule has 0 spiro atoms. The largest absolute Gasteiger partial charge is 0.475 e. The lowest BCUT2D eigenvalue weighted by Gasteiger charge is -2.29. The van der Waals surface area contributed by atoms with Gasteiger partial charge in [0.25, 0.3) is 0 Å². The van der Waals surface area contributed by atoms with E-state index in [-0.39, 0.29) is 5.91 Å². The second kappa shape index (κ2) is 11.8. The van der Waals surface area contributed by atoms with Crippen LogP contribution < -0.4 is 16.0 Å². The standard InChI is InChI=1S/C24H33BN4O4/c26-20-11-17-29(18-12-20)16-6-9-21(25(32)33)28-23(31)24(13-4-5-14-24)22(30)27-15-10-19-7-2-1-3-8-19/h1-3,7-8,11-12,17-18,21,26,32-33H,4-6,9-10,13-16H2,(H,27,30)(H,28,31)/t21-/m0/s1. The molecule has 3 rings (SSSR count). The Morgan fingerprint density at radius 1 is 1.06 bits per heavy atom. The molecule has 1 saturated carbocycles. The van der Waals surface area contributed by atoms with E-state index in [1.165, 1.54) is 0 Å². The summed E-state index contributed by atoms with van der Waals surface area (Å²) in [5.41, 5.74) is -0.0517. The van der Waals surface area contributed by atoms with E-state index in [0.29, 0.717) is 50.6 Å². The fraction of sp³-hybridized carbons (Fsp3) is 0.458. The van der Waals surface area contributed by atoms with Crippen molar-refractivity contribution in [1.82, 2.24) is 15.2 Å². The maximum absolute atomic E-state index is 13.2. The molecular weight excluding hydrogens is 419 g/mol. The maximum Gasteiger partial charge on any atom is 0.475 e. The second-order valence-corrected chi connectivity index (χ2v) is 8.74. The average Bonchev–Trinajstić information content (AvgIpc) is 3.31. The highest BCUT2D eigenvalue weighted by Crippen LogP contribution is 2.39. The number of aromatic nitrogens is 1. The molecule has 8 nitrogen and oxygen atoms in total. The van der Waals surface area contributed by atoms with Gasteiger partial charge in [-0.2, -0.15) is 0 Å². The highest BCUT2D eigenvalue weighted by molar-refractivity contribution is 6.43. The van der Waals surface area contributed by atoms with Gasteiger partial charge in [0.15, 0.2) is 0 Å². The molecule has 0 saturated heterocycles. The first-order chi connectivity index (χ1) is 15.9. The number of pyridine rings is 1. The molecule has 1 aromatic carbocycles. The van der Waals surface area contributed by atoms with Crippen molar-refractivity contribution in [3.05, 3.63) is 65.8 Å². The van der Waals surface area contributed by atoms with Crippen molar-refractivity contribution < 1.29 is 19.6 Å². The normalized spacial score (nSPS) is 15.6. The highest BCUT2D eigenvalue weighted by atomic mass is 16.4. The van der Waals surface area contributed by atoms with E-state index < -0.39 is 24.4 Å².